The van der Waals surface area contributed by atoms with Gasteiger partial charge in [0.2, 0.25) is 10.0 Å². The molecule has 2 heterocycles. The van der Waals surface area contributed by atoms with Gasteiger partial charge in [-0.3, -0.25) is 4.79 Å². The number of hydrogen-bond donors (Lipinski definition) is 0. The smallest absolute Gasteiger partial charge is 0.324 e. The van der Waals surface area contributed by atoms with Crippen LogP contribution in [0.25, 0.3) is 0 Å². The van der Waals surface area contributed by atoms with Crippen LogP contribution >= 0.6 is 0 Å². The van der Waals surface area contributed by atoms with E-state index in [2.05, 4.69) is 5.16 Å². The van der Waals surface area contributed by atoms with Gasteiger partial charge < -0.3 is 9.26 Å². The highest BCUT2D eigenvalue weighted by Crippen LogP contribution is 2.23. The number of carbonyl (C=O) groups is 1. The fourth-order valence-electron chi connectivity index (χ4n) is 2.37. The van der Waals surface area contributed by atoms with Gasteiger partial charge in [-0.1, -0.05) is 5.16 Å². The van der Waals surface area contributed by atoms with Crippen molar-refractivity contribution in [1.82, 2.24) is 9.46 Å². The summed E-state index contributed by atoms with van der Waals surface area (Å²) in [6, 6.07) is 0.848. The third kappa shape index (κ3) is 3.18. The number of rotatable bonds is 4. The molecule has 0 radical (unpaired) electrons. The molecule has 0 aliphatic carbocycles. The molecule has 1 saturated heterocycles. The van der Waals surface area contributed by atoms with Crippen molar-refractivity contribution >= 4 is 16.0 Å². The molecule has 0 aromatic carbocycles. The number of nitrogens with zero attached hydrogens (tertiary/aromatic N) is 2. The molecule has 0 saturated carbocycles. The second-order valence-electron chi connectivity index (χ2n) is 4.83. The Kier molecular flexibility index (Phi) is 4.44. The SMILES string of the molecule is COC(=O)[C@H]1CCCCN1S(=O)(=O)Cc1cc(C)on1. The number of carbonyl (C=O) groups excluding carboxylic acids is 1. The first kappa shape index (κ1) is 15.0. The van der Waals surface area contributed by atoms with Crippen LogP contribution in [0.15, 0.2) is 10.6 Å². The van der Waals surface area contributed by atoms with Crippen LogP contribution in [-0.2, 0) is 25.3 Å². The predicted octanol–water partition coefficient (Wildman–Crippen LogP) is 0.840. The fourth-order valence-corrected chi connectivity index (χ4v) is 4.03. The quantitative estimate of drug-likeness (QED) is 0.766. The molecule has 0 bridgehead atoms. The number of aromatic nitrogens is 1. The van der Waals surface area contributed by atoms with Gasteiger partial charge in [-0.05, 0) is 26.2 Å². The molecule has 7 nitrogen and oxygen atoms in total. The largest absolute Gasteiger partial charge is 0.468 e. The van der Waals surface area contributed by atoms with Gasteiger partial charge in [0.25, 0.3) is 0 Å². The van der Waals surface area contributed by atoms with E-state index in [1.54, 1.807) is 13.0 Å². The summed E-state index contributed by atoms with van der Waals surface area (Å²) < 4.78 is 35.7. The summed E-state index contributed by atoms with van der Waals surface area (Å²) in [4.78, 5) is 11.7. The zero-order valence-corrected chi connectivity index (χ0v) is 12.4. The highest BCUT2D eigenvalue weighted by molar-refractivity contribution is 7.88. The van der Waals surface area contributed by atoms with Crippen LogP contribution in [0.1, 0.15) is 30.7 Å². The van der Waals surface area contributed by atoms with E-state index in [-0.39, 0.29) is 5.75 Å². The van der Waals surface area contributed by atoms with Crippen LogP contribution in [-0.4, -0.2) is 43.5 Å². The average molecular weight is 302 g/mol. The van der Waals surface area contributed by atoms with Crippen molar-refractivity contribution < 1.29 is 22.5 Å². The molecule has 112 valence electrons. The van der Waals surface area contributed by atoms with Crippen molar-refractivity contribution in [3.05, 3.63) is 17.5 Å². The van der Waals surface area contributed by atoms with E-state index >= 15 is 0 Å². The summed E-state index contributed by atoms with van der Waals surface area (Å²) in [6.45, 7) is 2.03. The molecular weight excluding hydrogens is 284 g/mol. The molecule has 1 aromatic heterocycles. The topological polar surface area (TPSA) is 89.7 Å². The molecule has 20 heavy (non-hydrogen) atoms. The van der Waals surface area contributed by atoms with E-state index in [4.69, 9.17) is 9.26 Å². The number of aryl methyl sites for hydroxylation is 1. The molecule has 0 N–H and O–H groups in total. The minimum Gasteiger partial charge on any atom is -0.468 e. The van der Waals surface area contributed by atoms with E-state index in [0.717, 1.165) is 12.8 Å². The molecular formula is C12H18N2O5S. The minimum atomic E-state index is -3.62. The number of sulfonamides is 1. The van der Waals surface area contributed by atoms with Gasteiger partial charge in [0.1, 0.15) is 23.2 Å². The van der Waals surface area contributed by atoms with Crippen molar-refractivity contribution in [2.75, 3.05) is 13.7 Å². The lowest BCUT2D eigenvalue weighted by atomic mass is 10.1. The molecule has 1 aliphatic rings. The van der Waals surface area contributed by atoms with Crippen molar-refractivity contribution in [3.8, 4) is 0 Å². The Morgan fingerprint density at radius 3 is 2.90 bits per heavy atom. The first-order chi connectivity index (χ1) is 9.44. The van der Waals surface area contributed by atoms with E-state index in [9.17, 15) is 13.2 Å². The van der Waals surface area contributed by atoms with Crippen molar-refractivity contribution in [2.45, 2.75) is 38.0 Å². The average Bonchev–Trinajstić information content (AvgIpc) is 2.82. The Morgan fingerprint density at radius 2 is 2.30 bits per heavy atom. The van der Waals surface area contributed by atoms with E-state index in [1.807, 2.05) is 0 Å². The molecule has 1 atom stereocenters. The van der Waals surface area contributed by atoms with Gasteiger partial charge in [-0.15, -0.1) is 0 Å². The van der Waals surface area contributed by atoms with Gasteiger partial charge in [-0.25, -0.2) is 8.42 Å². The fraction of sp³-hybridized carbons (Fsp3) is 0.667. The molecule has 2 rings (SSSR count). The van der Waals surface area contributed by atoms with Crippen LogP contribution in [0.4, 0.5) is 0 Å². The van der Waals surface area contributed by atoms with Crippen LogP contribution in [0.2, 0.25) is 0 Å². The van der Waals surface area contributed by atoms with E-state index in [0.29, 0.717) is 24.4 Å². The van der Waals surface area contributed by atoms with Crippen LogP contribution in [0.3, 0.4) is 0 Å². The number of piperidine rings is 1. The summed E-state index contributed by atoms with van der Waals surface area (Å²) in [6.07, 6.45) is 2.04. The maximum Gasteiger partial charge on any atom is 0.324 e. The highest BCUT2D eigenvalue weighted by Gasteiger charge is 2.37. The van der Waals surface area contributed by atoms with Gasteiger partial charge >= 0.3 is 5.97 Å². The van der Waals surface area contributed by atoms with Crippen molar-refractivity contribution in [2.24, 2.45) is 0 Å². The zero-order valence-electron chi connectivity index (χ0n) is 11.5. The van der Waals surface area contributed by atoms with E-state index < -0.39 is 22.0 Å². The molecule has 0 spiro atoms. The Labute approximate surface area is 117 Å². The van der Waals surface area contributed by atoms with Crippen LogP contribution in [0, 0.1) is 6.92 Å². The maximum atomic E-state index is 12.4. The van der Waals surface area contributed by atoms with Crippen molar-refractivity contribution in [3.63, 3.8) is 0 Å². The summed E-state index contributed by atoms with van der Waals surface area (Å²) in [5, 5.41) is 3.69. The lowest BCUT2D eigenvalue weighted by Crippen LogP contribution is -2.48. The number of methoxy groups -OCH3 is 1. The summed E-state index contributed by atoms with van der Waals surface area (Å²) in [5.41, 5.74) is 0.344. The van der Waals surface area contributed by atoms with Gasteiger partial charge in [0.15, 0.2) is 0 Å². The van der Waals surface area contributed by atoms with E-state index in [1.165, 1.54) is 11.4 Å². The van der Waals surface area contributed by atoms with Crippen LogP contribution < -0.4 is 0 Å². The summed E-state index contributed by atoms with van der Waals surface area (Å²) in [5.74, 6) is -0.222. The molecule has 0 unspecified atom stereocenters. The molecule has 1 fully saturated rings. The molecule has 0 amide bonds. The Balaban J connectivity index is 2.19. The minimum absolute atomic E-state index is 0.266. The van der Waals surface area contributed by atoms with Gasteiger partial charge in [0, 0.05) is 12.6 Å². The van der Waals surface area contributed by atoms with Gasteiger partial charge in [-0.2, -0.15) is 4.31 Å². The zero-order chi connectivity index (χ0) is 14.8. The monoisotopic (exact) mass is 302 g/mol. The van der Waals surface area contributed by atoms with Gasteiger partial charge in [0.05, 0.1) is 7.11 Å². The molecule has 1 aliphatic heterocycles. The second kappa shape index (κ2) is 5.92. The maximum absolute atomic E-state index is 12.4. The third-order valence-electron chi connectivity index (χ3n) is 3.29. The van der Waals surface area contributed by atoms with Crippen LogP contribution in [0.5, 0.6) is 0 Å². The third-order valence-corrected chi connectivity index (χ3v) is 5.10. The van der Waals surface area contributed by atoms with Crippen molar-refractivity contribution in [1.29, 1.82) is 0 Å². The second-order valence-corrected chi connectivity index (χ2v) is 6.75. The predicted molar refractivity (Wildman–Crippen MR) is 70.2 cm³/mol. The molecule has 8 heteroatoms. The standard InChI is InChI=1S/C12H18N2O5S/c1-9-7-10(13-19-9)8-20(16,17)14-6-4-3-5-11(14)12(15)18-2/h7,11H,3-6,8H2,1-2H3/t11-/m1/s1. The lowest BCUT2D eigenvalue weighted by Gasteiger charge is -2.32. The first-order valence-corrected chi connectivity index (χ1v) is 8.04. The summed E-state index contributed by atoms with van der Waals surface area (Å²) in [7, 11) is -2.35. The molecule has 1 aromatic rings. The highest BCUT2D eigenvalue weighted by atomic mass is 32.2. The Hall–Kier alpha value is -1.41. The Bertz CT molecular complexity index is 580. The number of ether oxygens (including phenoxy) is 1. The number of esters is 1. The normalized spacial score (nSPS) is 20.8. The lowest BCUT2D eigenvalue weighted by molar-refractivity contribution is -0.146. The first-order valence-electron chi connectivity index (χ1n) is 6.43. The summed E-state index contributed by atoms with van der Waals surface area (Å²) >= 11 is 0. The number of hydrogen-bond acceptors (Lipinski definition) is 6. The Morgan fingerprint density at radius 1 is 1.55 bits per heavy atom.